The molecule has 0 aliphatic carbocycles. The average Bonchev–Trinajstić information content (AvgIpc) is 2.26. The lowest BCUT2D eigenvalue weighted by Crippen LogP contribution is -2.21. The number of rotatable bonds is 4. The minimum absolute atomic E-state index is 0.170. The third kappa shape index (κ3) is 5.11. The van der Waals surface area contributed by atoms with Crippen LogP contribution >= 0.6 is 0 Å². The van der Waals surface area contributed by atoms with Crippen LogP contribution in [-0.4, -0.2) is 5.78 Å². The summed E-state index contributed by atoms with van der Waals surface area (Å²) in [5.74, 6) is 0.764. The van der Waals surface area contributed by atoms with Gasteiger partial charge in [-0.2, -0.15) is 0 Å². The molecular formula is C19H30O. The summed E-state index contributed by atoms with van der Waals surface area (Å²) in [5, 5.41) is 0. The number of benzene rings is 1. The lowest BCUT2D eigenvalue weighted by atomic mass is 9.78. The van der Waals surface area contributed by atoms with Gasteiger partial charge in [0.15, 0.2) is 0 Å². The van der Waals surface area contributed by atoms with Crippen molar-refractivity contribution in [1.82, 2.24) is 0 Å². The van der Waals surface area contributed by atoms with E-state index in [1.54, 1.807) is 0 Å². The molecule has 0 heterocycles. The molecule has 0 saturated carbocycles. The van der Waals surface area contributed by atoms with Gasteiger partial charge in [-0.25, -0.2) is 0 Å². The van der Waals surface area contributed by atoms with Gasteiger partial charge in [-0.1, -0.05) is 72.7 Å². The van der Waals surface area contributed by atoms with Crippen molar-refractivity contribution in [3.8, 4) is 0 Å². The average molecular weight is 274 g/mol. The topological polar surface area (TPSA) is 17.1 Å². The maximum atomic E-state index is 12.2. The van der Waals surface area contributed by atoms with Crippen LogP contribution in [0.5, 0.6) is 0 Å². The summed E-state index contributed by atoms with van der Waals surface area (Å²) in [5.41, 5.74) is 2.82. The number of ketones is 1. The minimum atomic E-state index is 0.170. The number of Topliss-reactive ketones (excluding diaryl/α,β-unsaturated/α-hetero) is 1. The fraction of sp³-hybridized carbons (Fsp3) is 0.632. The van der Waals surface area contributed by atoms with Gasteiger partial charge in [-0.05, 0) is 27.9 Å². The van der Waals surface area contributed by atoms with Crippen molar-refractivity contribution in [3.63, 3.8) is 0 Å². The highest BCUT2D eigenvalue weighted by molar-refractivity contribution is 5.81. The van der Waals surface area contributed by atoms with E-state index < -0.39 is 0 Å². The Morgan fingerprint density at radius 2 is 1.50 bits per heavy atom. The second-order valence-electron chi connectivity index (χ2n) is 8.13. The zero-order valence-electron chi connectivity index (χ0n) is 14.2. The molecule has 1 unspecified atom stereocenters. The molecule has 1 rings (SSSR count). The zero-order valence-corrected chi connectivity index (χ0v) is 14.2. The highest BCUT2D eigenvalue weighted by atomic mass is 16.1. The number of hydrogen-bond donors (Lipinski definition) is 0. The predicted molar refractivity (Wildman–Crippen MR) is 87.1 cm³/mol. The highest BCUT2D eigenvalue weighted by Crippen LogP contribution is 2.28. The molecule has 1 atom stereocenters. The quantitative estimate of drug-likeness (QED) is 0.740. The lowest BCUT2D eigenvalue weighted by molar-refractivity contribution is -0.120. The van der Waals surface area contributed by atoms with E-state index in [9.17, 15) is 4.79 Å². The Morgan fingerprint density at radius 1 is 1.00 bits per heavy atom. The van der Waals surface area contributed by atoms with Crippen molar-refractivity contribution >= 4 is 5.78 Å². The summed E-state index contributed by atoms with van der Waals surface area (Å²) in [6, 6.07) is 8.49. The first-order valence-electron chi connectivity index (χ1n) is 7.61. The summed E-state index contributed by atoms with van der Waals surface area (Å²) < 4.78 is 0. The SMILES string of the molecule is CC(CC(=O)Cc1ccc(C(C)(C)C)cc1)C(C)(C)C. The maximum absolute atomic E-state index is 12.2. The Bertz CT molecular complexity index is 440. The Morgan fingerprint density at radius 3 is 1.90 bits per heavy atom. The van der Waals surface area contributed by atoms with Gasteiger partial charge in [-0.15, -0.1) is 0 Å². The van der Waals surface area contributed by atoms with Crippen molar-refractivity contribution in [3.05, 3.63) is 35.4 Å². The third-order valence-corrected chi connectivity index (χ3v) is 4.23. The van der Waals surface area contributed by atoms with E-state index in [1.807, 2.05) is 0 Å². The molecule has 0 aromatic heterocycles. The van der Waals surface area contributed by atoms with E-state index >= 15 is 0 Å². The Hall–Kier alpha value is -1.11. The van der Waals surface area contributed by atoms with Crippen LogP contribution in [0.3, 0.4) is 0 Å². The van der Waals surface area contributed by atoms with E-state index in [-0.39, 0.29) is 10.8 Å². The molecule has 1 nitrogen and oxygen atoms in total. The molecule has 20 heavy (non-hydrogen) atoms. The number of carbonyl (C=O) groups excluding carboxylic acids is 1. The fourth-order valence-corrected chi connectivity index (χ4v) is 2.07. The maximum Gasteiger partial charge on any atom is 0.137 e. The summed E-state index contributed by atoms with van der Waals surface area (Å²) in [6.07, 6.45) is 1.23. The molecule has 112 valence electrons. The predicted octanol–water partition coefficient (Wildman–Crippen LogP) is 5.17. The van der Waals surface area contributed by atoms with Crippen LogP contribution in [-0.2, 0) is 16.6 Å². The number of hydrogen-bond acceptors (Lipinski definition) is 1. The van der Waals surface area contributed by atoms with Gasteiger partial charge in [0.25, 0.3) is 0 Å². The van der Waals surface area contributed by atoms with Crippen LogP contribution in [0, 0.1) is 11.3 Å². The standard InChI is InChI=1S/C19H30O/c1-14(18(2,3)4)12-17(20)13-15-8-10-16(11-9-15)19(5,6)7/h8-11,14H,12-13H2,1-7H3. The first-order chi connectivity index (χ1) is 9.00. The van der Waals surface area contributed by atoms with Crippen LogP contribution in [0.2, 0.25) is 0 Å². The first-order valence-corrected chi connectivity index (χ1v) is 7.61. The Balaban J connectivity index is 2.64. The van der Waals surface area contributed by atoms with Gasteiger partial charge in [0.05, 0.1) is 0 Å². The summed E-state index contributed by atoms with van der Waals surface area (Å²) in [6.45, 7) is 15.4. The van der Waals surface area contributed by atoms with Gasteiger partial charge in [0, 0.05) is 12.8 Å². The largest absolute Gasteiger partial charge is 0.299 e. The van der Waals surface area contributed by atoms with Gasteiger partial charge in [0.1, 0.15) is 5.78 Å². The van der Waals surface area contributed by atoms with Crippen LogP contribution < -0.4 is 0 Å². The smallest absolute Gasteiger partial charge is 0.137 e. The molecular weight excluding hydrogens is 244 g/mol. The molecule has 0 spiro atoms. The first kappa shape index (κ1) is 16.9. The molecule has 0 radical (unpaired) electrons. The van der Waals surface area contributed by atoms with Crippen molar-refractivity contribution < 1.29 is 4.79 Å². The molecule has 1 heteroatoms. The lowest BCUT2D eigenvalue weighted by Gasteiger charge is -2.26. The third-order valence-electron chi connectivity index (χ3n) is 4.23. The molecule has 1 aromatic carbocycles. The number of carbonyl (C=O) groups is 1. The van der Waals surface area contributed by atoms with E-state index in [4.69, 9.17) is 0 Å². The van der Waals surface area contributed by atoms with Crippen molar-refractivity contribution in [2.75, 3.05) is 0 Å². The van der Waals surface area contributed by atoms with Gasteiger partial charge in [-0.3, -0.25) is 4.79 Å². The second-order valence-corrected chi connectivity index (χ2v) is 8.13. The van der Waals surface area contributed by atoms with Crippen LogP contribution in [0.1, 0.15) is 66.0 Å². The molecule has 1 aromatic rings. The molecule has 0 aliphatic heterocycles. The van der Waals surface area contributed by atoms with Crippen molar-refractivity contribution in [1.29, 1.82) is 0 Å². The minimum Gasteiger partial charge on any atom is -0.299 e. The van der Waals surface area contributed by atoms with Crippen LogP contribution in [0.25, 0.3) is 0 Å². The Kier molecular flexibility index (Phi) is 5.18. The molecule has 0 fully saturated rings. The van der Waals surface area contributed by atoms with Crippen molar-refractivity contribution in [2.45, 2.75) is 66.7 Å². The fourth-order valence-electron chi connectivity index (χ4n) is 2.07. The van der Waals surface area contributed by atoms with E-state index in [0.29, 0.717) is 24.5 Å². The summed E-state index contributed by atoms with van der Waals surface area (Å²) >= 11 is 0. The van der Waals surface area contributed by atoms with E-state index in [2.05, 4.69) is 72.7 Å². The Labute approximate surface area is 124 Å². The van der Waals surface area contributed by atoms with E-state index in [0.717, 1.165) is 5.56 Å². The second kappa shape index (κ2) is 6.11. The molecule has 0 aliphatic rings. The molecule has 0 saturated heterocycles. The summed E-state index contributed by atoms with van der Waals surface area (Å²) in [4.78, 5) is 12.2. The van der Waals surface area contributed by atoms with Crippen molar-refractivity contribution in [2.24, 2.45) is 11.3 Å². The van der Waals surface area contributed by atoms with Crippen LogP contribution in [0.4, 0.5) is 0 Å². The van der Waals surface area contributed by atoms with Gasteiger partial charge >= 0.3 is 0 Å². The molecule has 0 bridgehead atoms. The van der Waals surface area contributed by atoms with Gasteiger partial charge in [0.2, 0.25) is 0 Å². The molecule has 0 amide bonds. The summed E-state index contributed by atoms with van der Waals surface area (Å²) in [7, 11) is 0. The van der Waals surface area contributed by atoms with Gasteiger partial charge < -0.3 is 0 Å². The molecule has 0 N–H and O–H groups in total. The van der Waals surface area contributed by atoms with E-state index in [1.165, 1.54) is 5.56 Å². The highest BCUT2D eigenvalue weighted by Gasteiger charge is 2.22. The normalized spacial score (nSPS) is 14.2. The zero-order chi connectivity index (χ0) is 15.6. The van der Waals surface area contributed by atoms with Crippen LogP contribution in [0.15, 0.2) is 24.3 Å². The monoisotopic (exact) mass is 274 g/mol.